The summed E-state index contributed by atoms with van der Waals surface area (Å²) >= 11 is 6.37. The van der Waals surface area contributed by atoms with Gasteiger partial charge in [0.1, 0.15) is 5.75 Å². The molecule has 0 aromatic heterocycles. The fourth-order valence-electron chi connectivity index (χ4n) is 4.02. The van der Waals surface area contributed by atoms with Crippen molar-refractivity contribution in [1.29, 1.82) is 0 Å². The van der Waals surface area contributed by atoms with Crippen LogP contribution in [0.3, 0.4) is 0 Å². The topological polar surface area (TPSA) is 15.7 Å². The van der Waals surface area contributed by atoms with Gasteiger partial charge in [-0.05, 0) is 61.1 Å². The van der Waals surface area contributed by atoms with Gasteiger partial charge in [-0.2, -0.15) is 0 Å². The molecule has 0 amide bonds. The maximum Gasteiger partial charge on any atom is 0.138 e. The Hall–Kier alpha value is -1.42. The minimum Gasteiger partial charge on any atom is -0.492 e. The lowest BCUT2D eigenvalue weighted by atomic mass is 10.1. The largest absolute Gasteiger partial charge is 0.492 e. The van der Waals surface area contributed by atoms with Gasteiger partial charge in [-0.1, -0.05) is 29.8 Å². The molecular formula is C22H28Cl2N2O. The molecule has 2 aromatic carbocycles. The predicted molar refractivity (Wildman–Crippen MR) is 116 cm³/mol. The number of aryl methyl sites for hydroxylation is 2. The Morgan fingerprint density at radius 2 is 1.63 bits per heavy atom. The highest BCUT2D eigenvalue weighted by molar-refractivity contribution is 6.32. The van der Waals surface area contributed by atoms with E-state index in [-0.39, 0.29) is 12.4 Å². The van der Waals surface area contributed by atoms with Gasteiger partial charge in [-0.25, -0.2) is 0 Å². The molecule has 3 nitrogen and oxygen atoms in total. The summed E-state index contributed by atoms with van der Waals surface area (Å²) in [7, 11) is 0. The lowest BCUT2D eigenvalue weighted by molar-refractivity contribution is 0.224. The molecule has 0 bridgehead atoms. The summed E-state index contributed by atoms with van der Waals surface area (Å²) in [5.41, 5.74) is 4.15. The van der Waals surface area contributed by atoms with Gasteiger partial charge in [0.25, 0.3) is 0 Å². The van der Waals surface area contributed by atoms with E-state index in [1.807, 2.05) is 0 Å². The van der Waals surface area contributed by atoms with Gasteiger partial charge in [0.15, 0.2) is 0 Å². The summed E-state index contributed by atoms with van der Waals surface area (Å²) in [6.07, 6.45) is 4.60. The van der Waals surface area contributed by atoms with E-state index in [9.17, 15) is 0 Å². The van der Waals surface area contributed by atoms with Crippen molar-refractivity contribution in [2.24, 2.45) is 0 Å². The summed E-state index contributed by atoms with van der Waals surface area (Å²) in [6, 6.07) is 15.0. The highest BCUT2D eigenvalue weighted by Gasteiger charge is 2.17. The second-order valence-electron chi connectivity index (χ2n) is 7.27. The number of fused-ring (bicyclic) bond motifs is 1. The number of anilines is 1. The van der Waals surface area contributed by atoms with Crippen LogP contribution in [0, 0.1) is 0 Å². The summed E-state index contributed by atoms with van der Waals surface area (Å²) < 4.78 is 5.97. The van der Waals surface area contributed by atoms with Crippen LogP contribution in [-0.2, 0) is 12.8 Å². The molecule has 1 aliphatic heterocycles. The Labute approximate surface area is 173 Å². The molecule has 1 fully saturated rings. The van der Waals surface area contributed by atoms with Crippen molar-refractivity contribution < 1.29 is 4.74 Å². The highest BCUT2D eigenvalue weighted by Crippen LogP contribution is 2.33. The first-order valence-electron chi connectivity index (χ1n) is 9.76. The molecule has 1 heterocycles. The van der Waals surface area contributed by atoms with Crippen LogP contribution < -0.4 is 9.64 Å². The Morgan fingerprint density at radius 1 is 0.926 bits per heavy atom. The lowest BCUT2D eigenvalue weighted by Gasteiger charge is -2.36. The molecule has 0 spiro atoms. The van der Waals surface area contributed by atoms with Gasteiger partial charge in [0.05, 0.1) is 11.6 Å². The van der Waals surface area contributed by atoms with Crippen LogP contribution in [0.15, 0.2) is 42.5 Å². The van der Waals surface area contributed by atoms with Crippen molar-refractivity contribution in [1.82, 2.24) is 4.90 Å². The Morgan fingerprint density at radius 3 is 2.37 bits per heavy atom. The van der Waals surface area contributed by atoms with Crippen LogP contribution in [0.25, 0.3) is 0 Å². The molecular weight excluding hydrogens is 379 g/mol. The summed E-state index contributed by atoms with van der Waals surface area (Å²) in [5.74, 6) is 0.862. The van der Waals surface area contributed by atoms with Crippen molar-refractivity contribution in [3.8, 4) is 5.75 Å². The molecule has 2 aliphatic rings. The van der Waals surface area contributed by atoms with Gasteiger partial charge in [-0.3, -0.25) is 4.90 Å². The van der Waals surface area contributed by atoms with E-state index in [1.165, 1.54) is 23.2 Å². The zero-order chi connectivity index (χ0) is 17.8. The van der Waals surface area contributed by atoms with E-state index in [0.29, 0.717) is 0 Å². The van der Waals surface area contributed by atoms with Crippen LogP contribution >= 0.6 is 24.0 Å². The SMILES string of the molecule is Cl.Clc1cc2c(cc1OCCCN1CCN(c3ccccc3)CC1)CCC2. The van der Waals surface area contributed by atoms with Gasteiger partial charge in [0, 0.05) is 38.4 Å². The molecule has 5 heteroatoms. The second-order valence-corrected chi connectivity index (χ2v) is 7.68. The van der Waals surface area contributed by atoms with Crippen LogP contribution in [0.2, 0.25) is 5.02 Å². The van der Waals surface area contributed by atoms with Crippen LogP contribution in [0.4, 0.5) is 5.69 Å². The van der Waals surface area contributed by atoms with Gasteiger partial charge < -0.3 is 9.64 Å². The van der Waals surface area contributed by atoms with Crippen molar-refractivity contribution >= 4 is 29.7 Å². The number of ether oxygens (including phenoxy) is 1. The van der Waals surface area contributed by atoms with E-state index >= 15 is 0 Å². The molecule has 0 atom stereocenters. The van der Waals surface area contributed by atoms with Crippen molar-refractivity contribution in [3.05, 3.63) is 58.6 Å². The number of benzene rings is 2. The maximum absolute atomic E-state index is 6.37. The predicted octanol–water partition coefficient (Wildman–Crippen LogP) is 4.84. The van der Waals surface area contributed by atoms with Gasteiger partial charge in [-0.15, -0.1) is 12.4 Å². The first-order chi connectivity index (χ1) is 12.8. The smallest absolute Gasteiger partial charge is 0.138 e. The molecule has 146 valence electrons. The molecule has 2 aromatic rings. The zero-order valence-electron chi connectivity index (χ0n) is 15.7. The number of rotatable bonds is 6. The molecule has 0 unspecified atom stereocenters. The quantitative estimate of drug-likeness (QED) is 0.638. The molecule has 0 N–H and O–H groups in total. The standard InChI is InChI=1S/C22H27ClN2O.ClH/c23-21-16-18-6-4-7-19(18)17-22(21)26-15-5-10-24-11-13-25(14-12-24)20-8-2-1-3-9-20;/h1-3,8-9,16-17H,4-7,10-15H2;1H. The van der Waals surface area contributed by atoms with Gasteiger partial charge in [0.2, 0.25) is 0 Å². The average molecular weight is 407 g/mol. The summed E-state index contributed by atoms with van der Waals surface area (Å²) in [4.78, 5) is 5.00. The van der Waals surface area contributed by atoms with Gasteiger partial charge >= 0.3 is 0 Å². The average Bonchev–Trinajstić information content (AvgIpc) is 3.13. The lowest BCUT2D eigenvalue weighted by Crippen LogP contribution is -2.46. The molecule has 1 saturated heterocycles. The number of nitrogens with zero attached hydrogens (tertiary/aromatic N) is 2. The molecule has 0 radical (unpaired) electrons. The normalized spacial score (nSPS) is 16.7. The first-order valence-corrected chi connectivity index (χ1v) is 10.1. The van der Waals surface area contributed by atoms with E-state index < -0.39 is 0 Å². The highest BCUT2D eigenvalue weighted by atomic mass is 35.5. The van der Waals surface area contributed by atoms with E-state index in [4.69, 9.17) is 16.3 Å². The Kier molecular flexibility index (Phi) is 7.28. The molecule has 1 aliphatic carbocycles. The van der Waals surface area contributed by atoms with E-state index in [2.05, 4.69) is 52.3 Å². The fourth-order valence-corrected chi connectivity index (χ4v) is 4.26. The Bertz CT molecular complexity index is 731. The number of hydrogen-bond acceptors (Lipinski definition) is 3. The zero-order valence-corrected chi connectivity index (χ0v) is 17.3. The number of piperazine rings is 1. The van der Waals surface area contributed by atoms with Crippen LogP contribution in [0.5, 0.6) is 5.75 Å². The number of halogens is 2. The first kappa shape index (κ1) is 20.3. The summed E-state index contributed by atoms with van der Waals surface area (Å²) in [6.45, 7) is 6.26. The third-order valence-electron chi connectivity index (χ3n) is 5.52. The van der Waals surface area contributed by atoms with Crippen LogP contribution in [-0.4, -0.2) is 44.2 Å². The summed E-state index contributed by atoms with van der Waals surface area (Å²) in [5, 5.41) is 0.766. The fraction of sp³-hybridized carbons (Fsp3) is 0.455. The third kappa shape index (κ3) is 5.10. The van der Waals surface area contributed by atoms with Crippen molar-refractivity contribution in [3.63, 3.8) is 0 Å². The minimum atomic E-state index is 0. The van der Waals surface area contributed by atoms with Crippen molar-refractivity contribution in [2.45, 2.75) is 25.7 Å². The van der Waals surface area contributed by atoms with Crippen LogP contribution in [0.1, 0.15) is 24.0 Å². The number of para-hydroxylation sites is 1. The molecule has 27 heavy (non-hydrogen) atoms. The maximum atomic E-state index is 6.37. The van der Waals surface area contributed by atoms with Crippen molar-refractivity contribution in [2.75, 3.05) is 44.2 Å². The number of hydrogen-bond donors (Lipinski definition) is 0. The van der Waals surface area contributed by atoms with E-state index in [0.717, 1.165) is 69.4 Å². The molecule has 0 saturated carbocycles. The Balaban J connectivity index is 0.00000210. The third-order valence-corrected chi connectivity index (χ3v) is 5.81. The monoisotopic (exact) mass is 406 g/mol. The minimum absolute atomic E-state index is 0. The van der Waals surface area contributed by atoms with E-state index in [1.54, 1.807) is 0 Å². The molecule has 4 rings (SSSR count). The second kappa shape index (κ2) is 9.68.